The fraction of sp³-hybridized carbons (Fsp3) is 0.273. The average molecular weight is 396 g/mol. The molecule has 0 bridgehead atoms. The molecule has 28 heavy (non-hydrogen) atoms. The summed E-state index contributed by atoms with van der Waals surface area (Å²) >= 11 is 1.32. The molecule has 2 saturated heterocycles. The minimum Gasteiger partial charge on any atom is -0.369 e. The predicted octanol–water partition coefficient (Wildman–Crippen LogP) is 4.97. The zero-order valence-corrected chi connectivity index (χ0v) is 16.8. The SMILES string of the molecule is Cc1cc(N2CCCC2)c(F)cc1/C=C1\SC(=Nc2ccccc2)N(C)C1=O. The van der Waals surface area contributed by atoms with E-state index in [2.05, 4.69) is 9.89 Å². The van der Waals surface area contributed by atoms with Crippen molar-refractivity contribution in [3.8, 4) is 0 Å². The lowest BCUT2D eigenvalue weighted by atomic mass is 10.1. The number of thioether (sulfide) groups is 1. The molecule has 0 N–H and O–H groups in total. The first kappa shape index (κ1) is 18.7. The molecule has 2 fully saturated rings. The van der Waals surface area contributed by atoms with Gasteiger partial charge in [-0.3, -0.25) is 9.69 Å². The maximum absolute atomic E-state index is 14.7. The Balaban J connectivity index is 1.63. The number of carbonyl (C=O) groups excluding carboxylic acids is 1. The van der Waals surface area contributed by atoms with Gasteiger partial charge in [0.05, 0.1) is 16.3 Å². The Bertz CT molecular complexity index is 965. The summed E-state index contributed by atoms with van der Waals surface area (Å²) in [6.07, 6.45) is 3.97. The lowest BCUT2D eigenvalue weighted by Crippen LogP contribution is -2.23. The lowest BCUT2D eigenvalue weighted by molar-refractivity contribution is -0.121. The number of rotatable bonds is 3. The highest BCUT2D eigenvalue weighted by Gasteiger charge is 2.30. The molecule has 2 aliphatic heterocycles. The number of nitrogens with zero attached hydrogens (tertiary/aromatic N) is 3. The number of anilines is 1. The lowest BCUT2D eigenvalue weighted by Gasteiger charge is -2.19. The molecule has 2 heterocycles. The van der Waals surface area contributed by atoms with Gasteiger partial charge in [0, 0.05) is 20.1 Å². The van der Waals surface area contributed by atoms with Gasteiger partial charge < -0.3 is 4.90 Å². The van der Waals surface area contributed by atoms with Crippen molar-refractivity contribution in [1.29, 1.82) is 0 Å². The van der Waals surface area contributed by atoms with Crippen LogP contribution < -0.4 is 4.90 Å². The highest BCUT2D eigenvalue weighted by Crippen LogP contribution is 2.35. The molecule has 6 heteroatoms. The number of amides is 1. The number of aliphatic imine (C=N–C) groups is 1. The minimum absolute atomic E-state index is 0.122. The van der Waals surface area contributed by atoms with Gasteiger partial charge in [-0.1, -0.05) is 18.2 Å². The number of amidine groups is 1. The normalized spacial score (nSPS) is 20.0. The number of likely N-dealkylation sites (N-methyl/N-ethyl adjacent to an activating group) is 1. The van der Waals surface area contributed by atoms with Gasteiger partial charge in [-0.25, -0.2) is 9.38 Å². The fourth-order valence-electron chi connectivity index (χ4n) is 3.44. The monoisotopic (exact) mass is 395 g/mol. The Labute approximate surface area is 168 Å². The first-order chi connectivity index (χ1) is 13.5. The third kappa shape index (κ3) is 3.69. The van der Waals surface area contributed by atoms with Crippen molar-refractivity contribution in [2.45, 2.75) is 19.8 Å². The van der Waals surface area contributed by atoms with E-state index in [0.29, 0.717) is 15.8 Å². The summed E-state index contributed by atoms with van der Waals surface area (Å²) in [6.45, 7) is 3.75. The summed E-state index contributed by atoms with van der Waals surface area (Å²) in [5.41, 5.74) is 3.14. The van der Waals surface area contributed by atoms with Crippen LogP contribution in [0.15, 0.2) is 52.4 Å². The van der Waals surface area contributed by atoms with E-state index < -0.39 is 0 Å². The van der Waals surface area contributed by atoms with Crippen molar-refractivity contribution >= 4 is 40.3 Å². The molecule has 0 aliphatic carbocycles. The van der Waals surface area contributed by atoms with E-state index in [1.807, 2.05) is 43.3 Å². The van der Waals surface area contributed by atoms with Crippen molar-refractivity contribution in [3.63, 3.8) is 0 Å². The molecule has 2 aromatic rings. The Morgan fingerprint density at radius 1 is 1.14 bits per heavy atom. The quantitative estimate of drug-likeness (QED) is 0.689. The number of halogens is 1. The van der Waals surface area contributed by atoms with Gasteiger partial charge in [0.15, 0.2) is 5.17 Å². The van der Waals surface area contributed by atoms with E-state index in [0.717, 1.165) is 42.7 Å². The van der Waals surface area contributed by atoms with Gasteiger partial charge in [0.1, 0.15) is 5.82 Å². The third-order valence-corrected chi connectivity index (χ3v) is 6.11. The second-order valence-electron chi connectivity index (χ2n) is 7.06. The first-order valence-corrected chi connectivity index (χ1v) is 10.2. The van der Waals surface area contributed by atoms with Crippen LogP contribution in [0.5, 0.6) is 0 Å². The molecule has 0 radical (unpaired) electrons. The Kier molecular flexibility index (Phi) is 5.22. The maximum Gasteiger partial charge on any atom is 0.266 e. The molecule has 0 aromatic heterocycles. The van der Waals surface area contributed by atoms with Crippen LogP contribution in [0.2, 0.25) is 0 Å². The molecule has 0 atom stereocenters. The first-order valence-electron chi connectivity index (χ1n) is 9.39. The van der Waals surface area contributed by atoms with Gasteiger partial charge in [0.25, 0.3) is 5.91 Å². The molecule has 1 amide bonds. The molecule has 0 unspecified atom stereocenters. The molecular formula is C22H22FN3OS. The minimum atomic E-state index is -0.235. The maximum atomic E-state index is 14.7. The van der Waals surface area contributed by atoms with Crippen molar-refractivity contribution in [3.05, 3.63) is 64.3 Å². The van der Waals surface area contributed by atoms with E-state index in [-0.39, 0.29) is 11.7 Å². The van der Waals surface area contributed by atoms with E-state index in [1.165, 1.54) is 22.7 Å². The van der Waals surface area contributed by atoms with Gasteiger partial charge in [-0.15, -0.1) is 0 Å². The van der Waals surface area contributed by atoms with Crippen LogP contribution in [0.4, 0.5) is 15.8 Å². The van der Waals surface area contributed by atoms with Gasteiger partial charge >= 0.3 is 0 Å². The van der Waals surface area contributed by atoms with E-state index >= 15 is 0 Å². The third-order valence-electron chi connectivity index (χ3n) is 5.05. The number of hydrogen-bond donors (Lipinski definition) is 0. The summed E-state index contributed by atoms with van der Waals surface area (Å²) in [7, 11) is 1.71. The summed E-state index contributed by atoms with van der Waals surface area (Å²) in [6, 6.07) is 13.0. The van der Waals surface area contributed by atoms with Crippen molar-refractivity contribution in [2.75, 3.05) is 25.0 Å². The molecule has 144 valence electrons. The predicted molar refractivity (Wildman–Crippen MR) is 114 cm³/mol. The highest BCUT2D eigenvalue weighted by atomic mass is 32.2. The van der Waals surface area contributed by atoms with Crippen LogP contribution in [0, 0.1) is 12.7 Å². The zero-order valence-electron chi connectivity index (χ0n) is 16.0. The molecular weight excluding hydrogens is 373 g/mol. The van der Waals surface area contributed by atoms with Gasteiger partial charge in [0.2, 0.25) is 0 Å². The Morgan fingerprint density at radius 3 is 2.57 bits per heavy atom. The van der Waals surface area contributed by atoms with Gasteiger partial charge in [-0.2, -0.15) is 0 Å². The second-order valence-corrected chi connectivity index (χ2v) is 8.07. The van der Waals surface area contributed by atoms with Crippen LogP contribution in [0.1, 0.15) is 24.0 Å². The summed E-state index contributed by atoms with van der Waals surface area (Å²) in [5.74, 6) is -0.357. The van der Waals surface area contributed by atoms with Gasteiger partial charge in [-0.05, 0) is 73.0 Å². The standard InChI is InChI=1S/C22H22FN3OS/c1-15-12-19(26-10-6-7-11-26)18(23)13-16(15)14-20-21(27)25(2)22(28-20)24-17-8-4-3-5-9-17/h3-5,8-9,12-14H,6-7,10-11H2,1-2H3/b20-14-,24-22?. The Hall–Kier alpha value is -2.60. The van der Waals surface area contributed by atoms with Crippen molar-refractivity contribution < 1.29 is 9.18 Å². The molecule has 0 saturated carbocycles. The number of para-hydroxylation sites is 1. The molecule has 2 aliphatic rings. The van der Waals surface area contributed by atoms with Crippen LogP contribution >= 0.6 is 11.8 Å². The number of carbonyl (C=O) groups is 1. The van der Waals surface area contributed by atoms with Crippen LogP contribution in [-0.4, -0.2) is 36.1 Å². The molecule has 2 aromatic carbocycles. The van der Waals surface area contributed by atoms with E-state index in [1.54, 1.807) is 13.1 Å². The van der Waals surface area contributed by atoms with Crippen LogP contribution in [0.3, 0.4) is 0 Å². The van der Waals surface area contributed by atoms with Crippen LogP contribution in [0.25, 0.3) is 6.08 Å². The number of hydrogen-bond acceptors (Lipinski definition) is 4. The Morgan fingerprint density at radius 2 is 1.86 bits per heavy atom. The number of benzene rings is 2. The fourth-order valence-corrected chi connectivity index (χ4v) is 4.42. The largest absolute Gasteiger partial charge is 0.369 e. The van der Waals surface area contributed by atoms with E-state index in [9.17, 15) is 9.18 Å². The smallest absolute Gasteiger partial charge is 0.266 e. The van der Waals surface area contributed by atoms with Crippen LogP contribution in [-0.2, 0) is 4.79 Å². The number of aryl methyl sites for hydroxylation is 1. The summed E-state index contributed by atoms with van der Waals surface area (Å²) in [5, 5.41) is 0.620. The average Bonchev–Trinajstić information content (AvgIpc) is 3.31. The van der Waals surface area contributed by atoms with Crippen molar-refractivity contribution in [1.82, 2.24) is 4.90 Å². The highest BCUT2D eigenvalue weighted by molar-refractivity contribution is 8.18. The zero-order chi connectivity index (χ0) is 19.7. The molecule has 4 nitrogen and oxygen atoms in total. The molecule has 4 rings (SSSR count). The topological polar surface area (TPSA) is 35.9 Å². The second kappa shape index (κ2) is 7.80. The molecule has 0 spiro atoms. The van der Waals surface area contributed by atoms with E-state index in [4.69, 9.17) is 0 Å². The van der Waals surface area contributed by atoms with Crippen molar-refractivity contribution in [2.24, 2.45) is 4.99 Å². The summed E-state index contributed by atoms with van der Waals surface area (Å²) < 4.78 is 14.7. The summed E-state index contributed by atoms with van der Waals surface area (Å²) in [4.78, 5) is 21.4.